The van der Waals surface area contributed by atoms with Gasteiger partial charge >= 0.3 is 0 Å². The van der Waals surface area contributed by atoms with Crippen LogP contribution in [0.4, 0.5) is 0 Å². The molecule has 1 rings (SSSR count). The summed E-state index contributed by atoms with van der Waals surface area (Å²) in [5.74, 6) is 0.719. The van der Waals surface area contributed by atoms with Crippen molar-refractivity contribution in [1.29, 1.82) is 0 Å². The van der Waals surface area contributed by atoms with E-state index in [-0.39, 0.29) is 0 Å². The van der Waals surface area contributed by atoms with Crippen molar-refractivity contribution in [1.82, 2.24) is 10.0 Å². The van der Waals surface area contributed by atoms with E-state index in [1.165, 1.54) is 31.9 Å². The molecule has 0 unspecified atom stereocenters. The monoisotopic (exact) mass is 234 g/mol. The molecule has 0 saturated heterocycles. The van der Waals surface area contributed by atoms with Gasteiger partial charge in [-0.15, -0.1) is 0 Å². The third kappa shape index (κ3) is 5.49. The van der Waals surface area contributed by atoms with Crippen LogP contribution in [0.15, 0.2) is 0 Å². The molecular formula is C10H22N2O2S. The van der Waals surface area contributed by atoms with Crippen LogP contribution in [0.25, 0.3) is 0 Å². The maximum absolute atomic E-state index is 10.8. The summed E-state index contributed by atoms with van der Waals surface area (Å²) < 4.78 is 24.1. The third-order valence-corrected chi connectivity index (χ3v) is 3.74. The molecule has 0 radical (unpaired) electrons. The molecule has 0 heterocycles. The Morgan fingerprint density at radius 3 is 2.47 bits per heavy atom. The number of hydrogen-bond donors (Lipinski definition) is 2. The van der Waals surface area contributed by atoms with Crippen LogP contribution in [-0.2, 0) is 10.0 Å². The first kappa shape index (κ1) is 12.9. The lowest BCUT2D eigenvalue weighted by molar-refractivity contribution is 0.282. The van der Waals surface area contributed by atoms with Gasteiger partial charge in [0.1, 0.15) is 0 Å². The van der Waals surface area contributed by atoms with Crippen molar-refractivity contribution >= 4 is 10.0 Å². The van der Waals surface area contributed by atoms with Crippen LogP contribution in [0, 0.1) is 5.92 Å². The van der Waals surface area contributed by atoms with Crippen LogP contribution >= 0.6 is 0 Å². The number of nitrogens with one attached hydrogen (secondary N) is 2. The van der Waals surface area contributed by atoms with Gasteiger partial charge in [-0.2, -0.15) is 0 Å². The zero-order valence-electron chi connectivity index (χ0n) is 9.62. The van der Waals surface area contributed by atoms with Crippen molar-refractivity contribution in [2.75, 3.05) is 19.3 Å². The Morgan fingerprint density at radius 2 is 1.87 bits per heavy atom. The van der Waals surface area contributed by atoms with Gasteiger partial charge in [0, 0.05) is 19.1 Å². The molecule has 1 fully saturated rings. The standard InChI is InChI=1S/C10H22N2O2S/c1-9-5-3-4-6-10(9)11-7-8-12-15(2,13)14/h9-12H,3-8H2,1-2H3/t9-,10+/m0/s1. The average molecular weight is 234 g/mol. The highest BCUT2D eigenvalue weighted by atomic mass is 32.2. The molecule has 5 heteroatoms. The summed E-state index contributed by atoms with van der Waals surface area (Å²) in [5.41, 5.74) is 0. The van der Waals surface area contributed by atoms with Crippen LogP contribution in [0.2, 0.25) is 0 Å². The van der Waals surface area contributed by atoms with Crippen molar-refractivity contribution in [2.45, 2.75) is 38.6 Å². The zero-order chi connectivity index (χ0) is 11.3. The van der Waals surface area contributed by atoms with E-state index in [1.807, 2.05) is 0 Å². The lowest BCUT2D eigenvalue weighted by Crippen LogP contribution is -2.41. The molecule has 1 aliphatic carbocycles. The minimum absolute atomic E-state index is 0.488. The van der Waals surface area contributed by atoms with E-state index in [4.69, 9.17) is 0 Å². The summed E-state index contributed by atoms with van der Waals surface area (Å²) in [6.45, 7) is 3.48. The molecule has 0 amide bonds. The summed E-state index contributed by atoms with van der Waals surface area (Å²) in [6, 6.07) is 0.570. The quantitative estimate of drug-likeness (QED) is 0.689. The van der Waals surface area contributed by atoms with Gasteiger partial charge in [-0.3, -0.25) is 0 Å². The molecule has 0 spiro atoms. The molecule has 0 bridgehead atoms. The smallest absolute Gasteiger partial charge is 0.208 e. The minimum atomic E-state index is -3.03. The molecule has 1 saturated carbocycles. The maximum Gasteiger partial charge on any atom is 0.208 e. The molecule has 15 heavy (non-hydrogen) atoms. The van der Waals surface area contributed by atoms with E-state index in [1.54, 1.807) is 0 Å². The first-order chi connectivity index (χ1) is 6.99. The van der Waals surface area contributed by atoms with Crippen LogP contribution < -0.4 is 10.0 Å². The first-order valence-electron chi connectivity index (χ1n) is 5.67. The van der Waals surface area contributed by atoms with Crippen molar-refractivity contribution < 1.29 is 8.42 Å². The van der Waals surface area contributed by atoms with Crippen molar-refractivity contribution in [3.63, 3.8) is 0 Å². The molecule has 0 aromatic carbocycles. The minimum Gasteiger partial charge on any atom is -0.312 e. The predicted octanol–water partition coefficient (Wildman–Crippen LogP) is 0.704. The molecule has 0 aliphatic heterocycles. The Morgan fingerprint density at radius 1 is 1.20 bits per heavy atom. The predicted molar refractivity (Wildman–Crippen MR) is 62.3 cm³/mol. The normalized spacial score (nSPS) is 27.9. The van der Waals surface area contributed by atoms with Crippen molar-refractivity contribution in [3.8, 4) is 0 Å². The van der Waals surface area contributed by atoms with E-state index in [0.29, 0.717) is 12.6 Å². The molecule has 90 valence electrons. The summed E-state index contributed by atoms with van der Waals surface area (Å²) in [7, 11) is -3.03. The Hall–Kier alpha value is -0.130. The number of sulfonamides is 1. The lowest BCUT2D eigenvalue weighted by Gasteiger charge is -2.29. The van der Waals surface area contributed by atoms with Crippen LogP contribution in [0.3, 0.4) is 0 Å². The van der Waals surface area contributed by atoms with Gasteiger partial charge in [0.15, 0.2) is 0 Å². The van der Waals surface area contributed by atoms with Crippen molar-refractivity contribution in [2.24, 2.45) is 5.92 Å². The van der Waals surface area contributed by atoms with Gasteiger partial charge in [-0.05, 0) is 18.8 Å². The third-order valence-electron chi connectivity index (χ3n) is 3.01. The summed E-state index contributed by atoms with van der Waals surface area (Å²) >= 11 is 0. The Kier molecular flexibility index (Phi) is 5.02. The summed E-state index contributed by atoms with van der Waals surface area (Å²) in [4.78, 5) is 0. The van der Waals surface area contributed by atoms with E-state index in [2.05, 4.69) is 17.0 Å². The van der Waals surface area contributed by atoms with Gasteiger partial charge in [-0.25, -0.2) is 13.1 Å². The Labute approximate surface area is 92.9 Å². The molecule has 0 aromatic heterocycles. The van der Waals surface area contributed by atoms with E-state index in [9.17, 15) is 8.42 Å². The zero-order valence-corrected chi connectivity index (χ0v) is 10.4. The molecule has 0 aromatic rings. The fourth-order valence-corrected chi connectivity index (χ4v) is 2.59. The van der Waals surface area contributed by atoms with Crippen molar-refractivity contribution in [3.05, 3.63) is 0 Å². The van der Waals surface area contributed by atoms with Crippen LogP contribution in [0.1, 0.15) is 32.6 Å². The van der Waals surface area contributed by atoms with Crippen LogP contribution in [-0.4, -0.2) is 33.8 Å². The number of hydrogen-bond acceptors (Lipinski definition) is 3. The Balaban J connectivity index is 2.14. The van der Waals surface area contributed by atoms with E-state index in [0.717, 1.165) is 12.5 Å². The van der Waals surface area contributed by atoms with Gasteiger partial charge < -0.3 is 5.32 Å². The highest BCUT2D eigenvalue weighted by Gasteiger charge is 2.20. The number of rotatable bonds is 5. The highest BCUT2D eigenvalue weighted by molar-refractivity contribution is 7.88. The van der Waals surface area contributed by atoms with Gasteiger partial charge in [0.2, 0.25) is 10.0 Å². The first-order valence-corrected chi connectivity index (χ1v) is 7.56. The molecule has 4 nitrogen and oxygen atoms in total. The van der Waals surface area contributed by atoms with E-state index < -0.39 is 10.0 Å². The maximum atomic E-state index is 10.8. The van der Waals surface area contributed by atoms with Crippen LogP contribution in [0.5, 0.6) is 0 Å². The lowest BCUT2D eigenvalue weighted by atomic mass is 9.86. The summed E-state index contributed by atoms with van der Waals surface area (Å²) in [6.07, 6.45) is 6.33. The molecule has 2 atom stereocenters. The summed E-state index contributed by atoms with van der Waals surface area (Å²) in [5, 5.41) is 3.42. The van der Waals surface area contributed by atoms with Gasteiger partial charge in [0.25, 0.3) is 0 Å². The second-order valence-electron chi connectivity index (χ2n) is 4.49. The molecule has 1 aliphatic rings. The van der Waals surface area contributed by atoms with Gasteiger partial charge in [0.05, 0.1) is 6.26 Å². The SMILES string of the molecule is C[C@H]1CCCC[C@H]1NCCNS(C)(=O)=O. The second kappa shape index (κ2) is 5.82. The highest BCUT2D eigenvalue weighted by Crippen LogP contribution is 2.23. The van der Waals surface area contributed by atoms with E-state index >= 15 is 0 Å². The Bertz CT molecular complexity index is 277. The fourth-order valence-electron chi connectivity index (χ4n) is 2.11. The largest absolute Gasteiger partial charge is 0.312 e. The average Bonchev–Trinajstić information content (AvgIpc) is 2.13. The van der Waals surface area contributed by atoms with Gasteiger partial charge in [-0.1, -0.05) is 19.8 Å². The molecular weight excluding hydrogens is 212 g/mol. The topological polar surface area (TPSA) is 58.2 Å². The fraction of sp³-hybridized carbons (Fsp3) is 1.00. The second-order valence-corrected chi connectivity index (χ2v) is 6.32. The molecule has 2 N–H and O–H groups in total.